The largest absolute Gasteiger partial charge is 0.339 e. The lowest BCUT2D eigenvalue weighted by molar-refractivity contribution is 0.106. The molecule has 2 fully saturated rings. The van der Waals surface area contributed by atoms with Crippen LogP contribution in [0.15, 0.2) is 4.52 Å². The van der Waals surface area contributed by atoms with E-state index in [4.69, 9.17) is 10.3 Å². The Balaban J connectivity index is 1.82. The Morgan fingerprint density at radius 2 is 2.06 bits per heavy atom. The Hall–Kier alpha value is -0.940. The molecule has 1 aromatic heterocycles. The second kappa shape index (κ2) is 4.31. The summed E-state index contributed by atoms with van der Waals surface area (Å²) in [4.78, 5) is 6.97. The van der Waals surface area contributed by atoms with Gasteiger partial charge in [-0.3, -0.25) is 0 Å². The Bertz CT molecular complexity index is 416. The van der Waals surface area contributed by atoms with E-state index in [0.29, 0.717) is 12.1 Å². The van der Waals surface area contributed by atoms with Crippen molar-refractivity contribution in [1.29, 1.82) is 0 Å². The lowest BCUT2D eigenvalue weighted by Crippen LogP contribution is -2.52. The van der Waals surface area contributed by atoms with Crippen molar-refractivity contribution in [3.8, 4) is 0 Å². The fourth-order valence-electron chi connectivity index (χ4n) is 3.46. The van der Waals surface area contributed by atoms with E-state index in [2.05, 4.69) is 29.0 Å². The molecule has 2 aliphatic rings. The zero-order valence-electron chi connectivity index (χ0n) is 11.2. The molecule has 0 radical (unpaired) electrons. The molecule has 3 heterocycles. The van der Waals surface area contributed by atoms with Gasteiger partial charge in [-0.15, -0.1) is 0 Å². The molecule has 1 aromatic rings. The van der Waals surface area contributed by atoms with Crippen LogP contribution in [0.2, 0.25) is 0 Å². The molecule has 2 bridgehead atoms. The average molecular weight is 250 g/mol. The summed E-state index contributed by atoms with van der Waals surface area (Å²) in [6.45, 7) is 2.11. The van der Waals surface area contributed by atoms with Gasteiger partial charge in [0.1, 0.15) is 0 Å². The molecule has 18 heavy (non-hydrogen) atoms. The zero-order chi connectivity index (χ0) is 12.8. The standard InChI is InChI=1S/C13H22N4O/c1-3-4-11-15-12(16-18-11)13(14)7-9-5-6-10(8-13)17(9)2/h9-10H,3-8,14H2,1-2H3. The van der Waals surface area contributed by atoms with Crippen LogP contribution in [0.1, 0.15) is 50.7 Å². The van der Waals surface area contributed by atoms with Gasteiger partial charge in [0.25, 0.3) is 0 Å². The smallest absolute Gasteiger partial charge is 0.226 e. The summed E-state index contributed by atoms with van der Waals surface area (Å²) in [5, 5.41) is 4.12. The molecule has 5 heteroatoms. The van der Waals surface area contributed by atoms with E-state index in [0.717, 1.165) is 37.4 Å². The van der Waals surface area contributed by atoms with Crippen molar-refractivity contribution in [2.45, 2.75) is 63.1 Å². The molecule has 100 valence electrons. The van der Waals surface area contributed by atoms with Crippen molar-refractivity contribution in [2.75, 3.05) is 7.05 Å². The van der Waals surface area contributed by atoms with E-state index in [1.807, 2.05) is 0 Å². The maximum atomic E-state index is 6.56. The maximum Gasteiger partial charge on any atom is 0.226 e. The molecule has 5 nitrogen and oxygen atoms in total. The Labute approximate surface area is 108 Å². The zero-order valence-corrected chi connectivity index (χ0v) is 11.2. The van der Waals surface area contributed by atoms with E-state index in [1.165, 1.54) is 12.8 Å². The maximum absolute atomic E-state index is 6.56. The topological polar surface area (TPSA) is 68.2 Å². The number of fused-ring (bicyclic) bond motifs is 2. The summed E-state index contributed by atoms with van der Waals surface area (Å²) in [6, 6.07) is 1.17. The number of aromatic nitrogens is 2. The van der Waals surface area contributed by atoms with Gasteiger partial charge in [-0.2, -0.15) is 4.98 Å². The first kappa shape index (κ1) is 12.1. The van der Waals surface area contributed by atoms with Crippen molar-refractivity contribution in [3.05, 3.63) is 11.7 Å². The molecule has 0 spiro atoms. The van der Waals surface area contributed by atoms with Crippen LogP contribution in [0, 0.1) is 0 Å². The van der Waals surface area contributed by atoms with Gasteiger partial charge in [0.2, 0.25) is 5.89 Å². The monoisotopic (exact) mass is 250 g/mol. The summed E-state index contributed by atoms with van der Waals surface area (Å²) in [7, 11) is 2.21. The summed E-state index contributed by atoms with van der Waals surface area (Å²) in [5.74, 6) is 1.44. The van der Waals surface area contributed by atoms with Crippen molar-refractivity contribution < 1.29 is 4.52 Å². The molecule has 0 saturated carbocycles. The molecule has 0 aliphatic carbocycles. The summed E-state index contributed by atoms with van der Waals surface area (Å²) in [6.07, 6.45) is 6.26. The predicted molar refractivity (Wildman–Crippen MR) is 68.0 cm³/mol. The fourth-order valence-corrected chi connectivity index (χ4v) is 3.46. The van der Waals surface area contributed by atoms with Crippen LogP contribution in [0.4, 0.5) is 0 Å². The number of nitrogens with two attached hydrogens (primary N) is 1. The van der Waals surface area contributed by atoms with Crippen LogP contribution in [0.5, 0.6) is 0 Å². The molecule has 2 saturated heterocycles. The number of hydrogen-bond donors (Lipinski definition) is 1. The van der Waals surface area contributed by atoms with Crippen LogP contribution >= 0.6 is 0 Å². The highest BCUT2D eigenvalue weighted by Crippen LogP contribution is 2.42. The van der Waals surface area contributed by atoms with Gasteiger partial charge in [-0.25, -0.2) is 0 Å². The minimum atomic E-state index is -0.381. The first-order valence-electron chi connectivity index (χ1n) is 6.96. The van der Waals surface area contributed by atoms with Crippen LogP contribution in [0.25, 0.3) is 0 Å². The highest BCUT2D eigenvalue weighted by atomic mass is 16.5. The Morgan fingerprint density at radius 1 is 1.39 bits per heavy atom. The number of hydrogen-bond acceptors (Lipinski definition) is 5. The van der Waals surface area contributed by atoms with Crippen LogP contribution in [-0.2, 0) is 12.0 Å². The van der Waals surface area contributed by atoms with E-state index in [1.54, 1.807) is 0 Å². The van der Waals surface area contributed by atoms with Crippen LogP contribution in [-0.4, -0.2) is 34.2 Å². The highest BCUT2D eigenvalue weighted by Gasteiger charge is 2.47. The van der Waals surface area contributed by atoms with E-state index >= 15 is 0 Å². The highest BCUT2D eigenvalue weighted by molar-refractivity contribution is 5.12. The van der Waals surface area contributed by atoms with Gasteiger partial charge in [0.05, 0.1) is 5.54 Å². The molecule has 2 aliphatic heterocycles. The van der Waals surface area contributed by atoms with E-state index < -0.39 is 0 Å². The molecule has 0 amide bonds. The molecule has 2 atom stereocenters. The third-order valence-corrected chi connectivity index (χ3v) is 4.56. The lowest BCUT2D eigenvalue weighted by Gasteiger charge is -2.41. The SMILES string of the molecule is CCCc1nc(C2(N)CC3CCC(C2)N3C)no1. The molecule has 3 rings (SSSR count). The first-order valence-corrected chi connectivity index (χ1v) is 6.96. The van der Waals surface area contributed by atoms with Gasteiger partial charge in [0.15, 0.2) is 5.82 Å². The van der Waals surface area contributed by atoms with E-state index in [9.17, 15) is 0 Å². The van der Waals surface area contributed by atoms with E-state index in [-0.39, 0.29) is 5.54 Å². The third-order valence-electron chi connectivity index (χ3n) is 4.56. The second-order valence-electron chi connectivity index (χ2n) is 5.88. The molecule has 2 N–H and O–H groups in total. The molecule has 0 aromatic carbocycles. The number of nitrogens with zero attached hydrogens (tertiary/aromatic N) is 3. The molecular weight excluding hydrogens is 228 g/mol. The summed E-state index contributed by atoms with van der Waals surface area (Å²) < 4.78 is 5.29. The fraction of sp³-hybridized carbons (Fsp3) is 0.846. The predicted octanol–water partition coefficient (Wildman–Crippen LogP) is 1.43. The van der Waals surface area contributed by atoms with Crippen LogP contribution in [0.3, 0.4) is 0 Å². The third kappa shape index (κ3) is 1.86. The average Bonchev–Trinajstić information content (AvgIpc) is 2.87. The van der Waals surface area contributed by atoms with Crippen molar-refractivity contribution in [2.24, 2.45) is 5.73 Å². The number of aryl methyl sites for hydroxylation is 1. The minimum absolute atomic E-state index is 0.381. The van der Waals surface area contributed by atoms with Gasteiger partial charge < -0.3 is 15.2 Å². The Kier molecular flexibility index (Phi) is 2.90. The summed E-state index contributed by atoms with van der Waals surface area (Å²) in [5.41, 5.74) is 6.18. The molecular formula is C13H22N4O. The Morgan fingerprint density at radius 3 is 2.67 bits per heavy atom. The normalized spacial score (nSPS) is 36.2. The van der Waals surface area contributed by atoms with Crippen molar-refractivity contribution in [1.82, 2.24) is 15.0 Å². The first-order chi connectivity index (χ1) is 8.62. The van der Waals surface area contributed by atoms with Crippen molar-refractivity contribution >= 4 is 0 Å². The van der Waals surface area contributed by atoms with Crippen molar-refractivity contribution in [3.63, 3.8) is 0 Å². The minimum Gasteiger partial charge on any atom is -0.339 e. The number of rotatable bonds is 3. The lowest BCUT2D eigenvalue weighted by atomic mass is 9.83. The van der Waals surface area contributed by atoms with Gasteiger partial charge in [0, 0.05) is 18.5 Å². The number of piperidine rings is 1. The molecule has 2 unspecified atom stereocenters. The summed E-state index contributed by atoms with van der Waals surface area (Å²) >= 11 is 0. The van der Waals surface area contributed by atoms with Gasteiger partial charge >= 0.3 is 0 Å². The van der Waals surface area contributed by atoms with Crippen LogP contribution < -0.4 is 5.73 Å². The van der Waals surface area contributed by atoms with Gasteiger partial charge in [-0.1, -0.05) is 12.1 Å². The van der Waals surface area contributed by atoms with Gasteiger partial charge in [-0.05, 0) is 39.2 Å². The quantitative estimate of drug-likeness (QED) is 0.879. The second-order valence-corrected chi connectivity index (χ2v) is 5.88.